The summed E-state index contributed by atoms with van der Waals surface area (Å²) in [5.41, 5.74) is 2.11. The predicted molar refractivity (Wildman–Crippen MR) is 75.2 cm³/mol. The number of hydrogen-bond acceptors (Lipinski definition) is 2. The van der Waals surface area contributed by atoms with E-state index >= 15 is 0 Å². The van der Waals surface area contributed by atoms with Gasteiger partial charge in [-0.25, -0.2) is 0 Å². The van der Waals surface area contributed by atoms with E-state index in [1.54, 1.807) is 12.3 Å². The second-order valence-corrected chi connectivity index (χ2v) is 4.76. The first-order valence-electron chi connectivity index (χ1n) is 5.86. The molecule has 96 valence electrons. The van der Waals surface area contributed by atoms with Gasteiger partial charge in [-0.1, -0.05) is 42.3 Å². The van der Waals surface area contributed by atoms with Crippen LogP contribution in [0.4, 0.5) is 0 Å². The number of halogens is 2. The number of aromatic nitrogens is 2. The summed E-state index contributed by atoms with van der Waals surface area (Å²) in [6.07, 6.45) is 1.80. The van der Waals surface area contributed by atoms with Gasteiger partial charge in [-0.2, -0.15) is 5.10 Å². The zero-order valence-corrected chi connectivity index (χ0v) is 11.7. The number of nitrogens with zero attached hydrogens (tertiary/aromatic N) is 2. The van der Waals surface area contributed by atoms with E-state index in [1.165, 1.54) is 0 Å². The van der Waals surface area contributed by atoms with Crippen molar-refractivity contribution in [3.63, 3.8) is 0 Å². The molecule has 1 aromatic heterocycles. The lowest BCUT2D eigenvalue weighted by Gasteiger charge is -2.10. The second-order valence-electron chi connectivity index (χ2n) is 3.97. The number of benzene rings is 1. The summed E-state index contributed by atoms with van der Waals surface area (Å²) in [5.74, 6) is 0. The summed E-state index contributed by atoms with van der Waals surface area (Å²) in [6, 6.07) is 7.65. The molecule has 0 saturated heterocycles. The minimum atomic E-state index is 0.578. The molecule has 0 aliphatic rings. The third-order valence-corrected chi connectivity index (χ3v) is 3.57. The Morgan fingerprint density at radius 2 is 2.11 bits per heavy atom. The molecule has 0 aliphatic carbocycles. The van der Waals surface area contributed by atoms with Crippen LogP contribution < -0.4 is 5.32 Å². The average Bonchev–Trinajstić information content (AvgIpc) is 2.80. The number of nitrogens with one attached hydrogen (secondary N) is 1. The second kappa shape index (κ2) is 6.23. The van der Waals surface area contributed by atoms with Gasteiger partial charge in [0, 0.05) is 12.7 Å². The van der Waals surface area contributed by atoms with Crippen LogP contribution in [0.25, 0.3) is 0 Å². The largest absolute Gasteiger partial charge is 0.311 e. The van der Waals surface area contributed by atoms with Crippen LogP contribution in [0.1, 0.15) is 18.2 Å². The highest BCUT2D eigenvalue weighted by molar-refractivity contribution is 6.42. The SMILES string of the molecule is CCNCc1ccnn1Cc1cccc(Cl)c1Cl. The molecule has 0 unspecified atom stereocenters. The van der Waals surface area contributed by atoms with Gasteiger partial charge in [-0.05, 0) is 24.2 Å². The molecule has 1 N–H and O–H groups in total. The quantitative estimate of drug-likeness (QED) is 0.912. The lowest BCUT2D eigenvalue weighted by Crippen LogP contribution is -2.16. The van der Waals surface area contributed by atoms with E-state index < -0.39 is 0 Å². The van der Waals surface area contributed by atoms with E-state index in [0.29, 0.717) is 16.6 Å². The Morgan fingerprint density at radius 1 is 1.28 bits per heavy atom. The van der Waals surface area contributed by atoms with Crippen LogP contribution in [-0.2, 0) is 13.1 Å². The van der Waals surface area contributed by atoms with Gasteiger partial charge in [0.05, 0.1) is 22.3 Å². The smallest absolute Gasteiger partial charge is 0.0678 e. The molecule has 0 bridgehead atoms. The minimum Gasteiger partial charge on any atom is -0.311 e. The van der Waals surface area contributed by atoms with E-state index in [2.05, 4.69) is 17.3 Å². The van der Waals surface area contributed by atoms with Crippen LogP contribution >= 0.6 is 23.2 Å². The first-order valence-corrected chi connectivity index (χ1v) is 6.62. The molecular weight excluding hydrogens is 269 g/mol. The Hall–Kier alpha value is -1.03. The van der Waals surface area contributed by atoms with Crippen LogP contribution in [0.3, 0.4) is 0 Å². The molecule has 2 rings (SSSR count). The molecule has 5 heteroatoms. The van der Waals surface area contributed by atoms with Gasteiger partial charge in [0.25, 0.3) is 0 Å². The van der Waals surface area contributed by atoms with Gasteiger partial charge in [0.1, 0.15) is 0 Å². The van der Waals surface area contributed by atoms with Crippen molar-refractivity contribution >= 4 is 23.2 Å². The van der Waals surface area contributed by atoms with Crippen molar-refractivity contribution in [3.05, 3.63) is 51.8 Å². The molecule has 0 amide bonds. The highest BCUT2D eigenvalue weighted by Crippen LogP contribution is 2.26. The third kappa shape index (κ3) is 3.05. The molecule has 0 aliphatic heterocycles. The topological polar surface area (TPSA) is 29.9 Å². The molecule has 18 heavy (non-hydrogen) atoms. The predicted octanol–water partition coefficient (Wildman–Crippen LogP) is 3.35. The lowest BCUT2D eigenvalue weighted by molar-refractivity contribution is 0.606. The minimum absolute atomic E-state index is 0.578. The van der Waals surface area contributed by atoms with Crippen LogP contribution in [0, 0.1) is 0 Å². The molecule has 2 aromatic rings. The molecule has 0 fully saturated rings. The van der Waals surface area contributed by atoms with Gasteiger partial charge in [0.2, 0.25) is 0 Å². The summed E-state index contributed by atoms with van der Waals surface area (Å²) in [6.45, 7) is 4.44. The zero-order valence-electron chi connectivity index (χ0n) is 10.2. The van der Waals surface area contributed by atoms with Gasteiger partial charge in [-0.15, -0.1) is 0 Å². The van der Waals surface area contributed by atoms with E-state index in [0.717, 1.165) is 24.3 Å². The average molecular weight is 284 g/mol. The summed E-state index contributed by atoms with van der Waals surface area (Å²) in [4.78, 5) is 0. The van der Waals surface area contributed by atoms with E-state index in [1.807, 2.05) is 22.9 Å². The monoisotopic (exact) mass is 283 g/mol. The van der Waals surface area contributed by atoms with Crippen molar-refractivity contribution in [2.45, 2.75) is 20.0 Å². The summed E-state index contributed by atoms with van der Waals surface area (Å²) in [7, 11) is 0. The van der Waals surface area contributed by atoms with E-state index in [-0.39, 0.29) is 0 Å². The third-order valence-electron chi connectivity index (χ3n) is 2.71. The fourth-order valence-electron chi connectivity index (χ4n) is 1.74. The fraction of sp³-hybridized carbons (Fsp3) is 0.308. The van der Waals surface area contributed by atoms with Crippen LogP contribution in [0.5, 0.6) is 0 Å². The van der Waals surface area contributed by atoms with E-state index in [4.69, 9.17) is 23.2 Å². The number of hydrogen-bond donors (Lipinski definition) is 1. The van der Waals surface area contributed by atoms with Crippen LogP contribution in [0.15, 0.2) is 30.5 Å². The highest BCUT2D eigenvalue weighted by Gasteiger charge is 2.07. The maximum atomic E-state index is 6.18. The molecule has 1 heterocycles. The Labute approximate surface area is 117 Å². The van der Waals surface area contributed by atoms with Crippen molar-refractivity contribution in [2.24, 2.45) is 0 Å². The lowest BCUT2D eigenvalue weighted by atomic mass is 10.2. The van der Waals surface area contributed by atoms with E-state index in [9.17, 15) is 0 Å². The van der Waals surface area contributed by atoms with Crippen molar-refractivity contribution < 1.29 is 0 Å². The maximum Gasteiger partial charge on any atom is 0.0678 e. The first kappa shape index (κ1) is 13.4. The molecule has 0 radical (unpaired) electrons. The summed E-state index contributed by atoms with van der Waals surface area (Å²) >= 11 is 12.2. The van der Waals surface area contributed by atoms with Gasteiger partial charge < -0.3 is 5.32 Å². The fourth-order valence-corrected chi connectivity index (χ4v) is 2.12. The molecular formula is C13H15Cl2N3. The molecule has 1 aromatic carbocycles. The molecule has 0 spiro atoms. The van der Waals surface area contributed by atoms with Crippen molar-refractivity contribution in [2.75, 3.05) is 6.54 Å². The number of rotatable bonds is 5. The van der Waals surface area contributed by atoms with Gasteiger partial charge >= 0.3 is 0 Å². The van der Waals surface area contributed by atoms with Gasteiger partial charge in [-0.3, -0.25) is 4.68 Å². The standard InChI is InChI=1S/C13H15Cl2N3/c1-2-16-8-11-6-7-17-18(11)9-10-4-3-5-12(14)13(10)15/h3-7,16H,2,8-9H2,1H3. The van der Waals surface area contributed by atoms with Gasteiger partial charge in [0.15, 0.2) is 0 Å². The Balaban J connectivity index is 2.18. The maximum absolute atomic E-state index is 6.18. The molecule has 0 atom stereocenters. The summed E-state index contributed by atoms with van der Waals surface area (Å²) in [5, 5.41) is 8.77. The van der Waals surface area contributed by atoms with Crippen molar-refractivity contribution in [3.8, 4) is 0 Å². The Kier molecular flexibility index (Phi) is 4.64. The molecule has 0 saturated carbocycles. The Morgan fingerprint density at radius 3 is 2.89 bits per heavy atom. The van der Waals surface area contributed by atoms with Crippen LogP contribution in [-0.4, -0.2) is 16.3 Å². The first-order chi connectivity index (χ1) is 8.72. The van der Waals surface area contributed by atoms with Crippen molar-refractivity contribution in [1.29, 1.82) is 0 Å². The van der Waals surface area contributed by atoms with Crippen molar-refractivity contribution in [1.82, 2.24) is 15.1 Å². The summed E-state index contributed by atoms with van der Waals surface area (Å²) < 4.78 is 1.93. The Bertz CT molecular complexity index is 523. The highest BCUT2D eigenvalue weighted by atomic mass is 35.5. The molecule has 3 nitrogen and oxygen atoms in total. The zero-order chi connectivity index (χ0) is 13.0. The van der Waals surface area contributed by atoms with Crippen LogP contribution in [0.2, 0.25) is 10.0 Å². The normalized spacial score (nSPS) is 10.8.